The molecule has 2 aliphatic rings. The van der Waals surface area contributed by atoms with E-state index in [9.17, 15) is 10.0 Å². The number of hydrogen-bond donors (Lipinski definition) is 1. The third-order valence-corrected chi connectivity index (χ3v) is 9.65. The Morgan fingerprint density at radius 2 is 1.41 bits per heavy atom. The summed E-state index contributed by atoms with van der Waals surface area (Å²) in [6.45, 7) is 14.3. The third kappa shape index (κ3) is 6.38. The van der Waals surface area contributed by atoms with Crippen LogP contribution in [0, 0.1) is 0 Å². The van der Waals surface area contributed by atoms with Gasteiger partial charge in [0.25, 0.3) is 0 Å². The van der Waals surface area contributed by atoms with Crippen LogP contribution in [0.5, 0.6) is 0 Å². The van der Waals surface area contributed by atoms with Crippen LogP contribution < -0.4 is 5.56 Å². The second kappa shape index (κ2) is 12.4. The van der Waals surface area contributed by atoms with E-state index < -0.39 is 0 Å². The van der Waals surface area contributed by atoms with E-state index in [-0.39, 0.29) is 68.6 Å². The van der Waals surface area contributed by atoms with E-state index in [1.54, 1.807) is 0 Å². The Bertz CT molecular complexity index is 1280. The van der Waals surface area contributed by atoms with E-state index in [0.29, 0.717) is 0 Å². The van der Waals surface area contributed by atoms with Gasteiger partial charge in [-0.05, 0) is 27.7 Å². The molecule has 2 aromatic carbocycles. The maximum atomic E-state index is 12.8. The van der Waals surface area contributed by atoms with Crippen molar-refractivity contribution in [2.45, 2.75) is 45.3 Å². The number of nitrogens with zero attached hydrogens (tertiary/aromatic N) is 4. The van der Waals surface area contributed by atoms with Crippen LogP contribution >= 0.6 is 37.2 Å². The zero-order valence-electron chi connectivity index (χ0n) is 21.7. The van der Waals surface area contributed by atoms with Gasteiger partial charge in [0.1, 0.15) is 0 Å². The van der Waals surface area contributed by atoms with Crippen molar-refractivity contribution in [3.63, 3.8) is 0 Å². The monoisotopic (exact) mass is 634 g/mol. The molecule has 0 bridgehead atoms. The Hall–Kier alpha value is -1.12. The van der Waals surface area contributed by atoms with Gasteiger partial charge in [-0.2, -0.15) is 5.06 Å². The minimum atomic E-state index is -0.332. The molecule has 0 amide bonds. The van der Waals surface area contributed by atoms with Crippen molar-refractivity contribution in [3.05, 3.63) is 76.1 Å². The van der Waals surface area contributed by atoms with E-state index in [2.05, 4.69) is 73.9 Å². The van der Waals surface area contributed by atoms with E-state index >= 15 is 0 Å². The molecule has 0 radical (unpaired) electrons. The number of hydroxylamine groups is 2. The molecule has 5 rings (SSSR count). The Morgan fingerprint density at radius 1 is 0.838 bits per heavy atom. The fourth-order valence-corrected chi connectivity index (χ4v) is 7.34. The number of benzene rings is 2. The predicted molar refractivity (Wildman–Crippen MR) is 160 cm³/mol. The van der Waals surface area contributed by atoms with Gasteiger partial charge in [0.05, 0.1) is 11.1 Å². The molecule has 1 fully saturated rings. The molecule has 3 aromatic rings. The Kier molecular flexibility index (Phi) is 10.7. The number of aromatic nitrogens is 1. The summed E-state index contributed by atoms with van der Waals surface area (Å²) in [4.78, 5) is 17.8. The SMILES string of the molecule is CC1(C)C=C(CN2CCN(Cc3ccc(-n4[se]c5ccccc5c4=O)cc3)CC2)C(C)(C)N1O.Cl.Cl.Cl. The summed E-state index contributed by atoms with van der Waals surface area (Å²) in [5, 5.41) is 12.9. The van der Waals surface area contributed by atoms with E-state index in [4.69, 9.17) is 0 Å². The van der Waals surface area contributed by atoms with Crippen LogP contribution in [-0.2, 0) is 6.54 Å². The molecule has 1 N–H and O–H groups in total. The van der Waals surface area contributed by atoms with Gasteiger partial charge in [-0.15, -0.1) is 37.2 Å². The van der Waals surface area contributed by atoms with Crippen molar-refractivity contribution < 1.29 is 5.21 Å². The largest absolute Gasteiger partial charge is 0.312 e. The molecule has 2 aliphatic heterocycles. The summed E-state index contributed by atoms with van der Waals surface area (Å²) < 4.78 is 3.09. The number of fused-ring (bicyclic) bond motifs is 1. The van der Waals surface area contributed by atoms with E-state index in [1.165, 1.54) is 16.2 Å². The summed E-state index contributed by atoms with van der Waals surface area (Å²) in [6.07, 6.45) is 2.23. The average molecular weight is 635 g/mol. The quantitative estimate of drug-likeness (QED) is 0.328. The third-order valence-electron chi connectivity index (χ3n) is 7.32. The number of halogens is 3. The van der Waals surface area contributed by atoms with Gasteiger partial charge in [-0.1, -0.05) is 6.08 Å². The molecule has 0 aliphatic carbocycles. The first kappa shape index (κ1) is 32.1. The van der Waals surface area contributed by atoms with Crippen molar-refractivity contribution in [1.82, 2.24) is 18.4 Å². The zero-order valence-corrected chi connectivity index (χ0v) is 25.9. The van der Waals surface area contributed by atoms with Crippen molar-refractivity contribution in [3.8, 4) is 5.69 Å². The number of rotatable bonds is 5. The van der Waals surface area contributed by atoms with Crippen molar-refractivity contribution in [2.75, 3.05) is 32.7 Å². The van der Waals surface area contributed by atoms with Crippen LogP contribution in [0.15, 0.2) is 65.0 Å². The predicted octanol–water partition coefficient (Wildman–Crippen LogP) is 4.62. The molecule has 10 heteroatoms. The van der Waals surface area contributed by atoms with E-state index in [0.717, 1.165) is 54.6 Å². The second-order valence-corrected chi connectivity index (χ2v) is 12.7. The first-order chi connectivity index (χ1) is 16.1. The molecule has 204 valence electrons. The molecular formula is C27H37Cl3N4O2Se. The average Bonchev–Trinajstić information content (AvgIpc) is 3.23. The van der Waals surface area contributed by atoms with Gasteiger partial charge in [0.15, 0.2) is 0 Å². The van der Waals surface area contributed by atoms with Crippen molar-refractivity contribution in [1.29, 1.82) is 0 Å². The van der Waals surface area contributed by atoms with Gasteiger partial charge in [-0.3, -0.25) is 0 Å². The molecule has 1 saturated heterocycles. The van der Waals surface area contributed by atoms with Crippen molar-refractivity contribution in [2.24, 2.45) is 0 Å². The molecule has 3 heterocycles. The molecule has 1 aromatic heterocycles. The normalized spacial score (nSPS) is 19.5. The topological polar surface area (TPSA) is 52.0 Å². The Morgan fingerprint density at radius 3 is 1.95 bits per heavy atom. The minimum Gasteiger partial charge on any atom is -0.312 e. The van der Waals surface area contributed by atoms with E-state index in [1.807, 2.05) is 21.8 Å². The summed E-state index contributed by atoms with van der Waals surface area (Å²) in [5.74, 6) is 0. The maximum absolute atomic E-state index is 12.8. The van der Waals surface area contributed by atoms with Crippen molar-refractivity contribution >= 4 is 61.6 Å². The van der Waals surface area contributed by atoms with Gasteiger partial charge >= 0.3 is 153 Å². The van der Waals surface area contributed by atoms with Gasteiger partial charge < -0.3 is 5.21 Å². The molecule has 0 unspecified atom stereocenters. The Balaban J connectivity index is 0.00000160. The first-order valence-electron chi connectivity index (χ1n) is 12.0. The summed E-state index contributed by atoms with van der Waals surface area (Å²) >= 11 is 0.0110. The summed E-state index contributed by atoms with van der Waals surface area (Å²) in [5.41, 5.74) is 3.03. The molecule has 0 spiro atoms. The standard InChI is InChI=1S/C27H34N4O2Se.3ClH/c1-26(2)17-21(27(3,4)31(26)33)19-29-15-13-28(14-16-29)18-20-9-11-22(12-10-20)30-25(32)23-7-5-6-8-24(23)34-30;;;/h5-12,17,33H,13-16,18-19H2,1-4H3;3*1H. The smallest absolute Gasteiger partial charge is 0.0635 e. The number of hydrogen-bond acceptors (Lipinski definition) is 5. The Labute approximate surface area is 244 Å². The minimum absolute atomic E-state index is 0. The van der Waals surface area contributed by atoms with Gasteiger partial charge in [0.2, 0.25) is 0 Å². The van der Waals surface area contributed by atoms with Crippen LogP contribution in [0.2, 0.25) is 0 Å². The first-order valence-corrected chi connectivity index (χ1v) is 13.6. The maximum Gasteiger partial charge on any atom is 0.0635 e. The molecular weight excluding hydrogens is 598 g/mol. The van der Waals surface area contributed by atoms with Crippen LogP contribution in [0.1, 0.15) is 33.3 Å². The van der Waals surface area contributed by atoms with Gasteiger partial charge in [-0.25, -0.2) is 0 Å². The molecule has 0 atom stereocenters. The van der Waals surface area contributed by atoms with Crippen LogP contribution in [0.25, 0.3) is 15.3 Å². The second-order valence-electron chi connectivity index (χ2n) is 10.6. The number of piperazine rings is 1. The van der Waals surface area contributed by atoms with Crippen LogP contribution in [0.4, 0.5) is 0 Å². The fraction of sp³-hybridized carbons (Fsp3) is 0.444. The molecule has 6 nitrogen and oxygen atoms in total. The molecule has 0 saturated carbocycles. The molecule has 37 heavy (non-hydrogen) atoms. The summed E-state index contributed by atoms with van der Waals surface area (Å²) in [6, 6.07) is 16.4. The summed E-state index contributed by atoms with van der Waals surface area (Å²) in [7, 11) is 0. The van der Waals surface area contributed by atoms with Crippen LogP contribution in [0.3, 0.4) is 0 Å². The van der Waals surface area contributed by atoms with Gasteiger partial charge in [0, 0.05) is 0 Å². The van der Waals surface area contributed by atoms with Crippen LogP contribution in [-0.4, -0.2) is 82.2 Å². The fourth-order valence-electron chi connectivity index (χ4n) is 5.24. The zero-order chi connectivity index (χ0) is 24.1.